The zero-order valence-electron chi connectivity index (χ0n) is 8.33. The summed E-state index contributed by atoms with van der Waals surface area (Å²) < 4.78 is 4.67. The second-order valence-corrected chi connectivity index (χ2v) is 3.92. The Morgan fingerprint density at radius 1 is 1.31 bits per heavy atom. The molecule has 0 aliphatic rings. The standard InChI is InChI=1S/C11H7Cl2NO2/c1-16-11(15)10-7(13)5-14-8-4-2-3-6(12)9(8)10/h2-5H,1H3. The van der Waals surface area contributed by atoms with Crippen LogP contribution in [-0.2, 0) is 4.74 Å². The molecule has 2 rings (SSSR count). The fourth-order valence-corrected chi connectivity index (χ4v) is 1.96. The summed E-state index contributed by atoms with van der Waals surface area (Å²) >= 11 is 12.0. The van der Waals surface area contributed by atoms with E-state index < -0.39 is 5.97 Å². The maximum Gasteiger partial charge on any atom is 0.340 e. The predicted octanol–water partition coefficient (Wildman–Crippen LogP) is 3.33. The molecular weight excluding hydrogens is 249 g/mol. The lowest BCUT2D eigenvalue weighted by Crippen LogP contribution is -2.04. The largest absolute Gasteiger partial charge is 0.465 e. The van der Waals surface area contributed by atoms with Crippen molar-refractivity contribution in [3.05, 3.63) is 40.0 Å². The highest BCUT2D eigenvalue weighted by Gasteiger charge is 2.17. The van der Waals surface area contributed by atoms with Crippen LogP contribution in [0, 0.1) is 0 Å². The average molecular weight is 256 g/mol. The van der Waals surface area contributed by atoms with Crippen LogP contribution in [0.2, 0.25) is 10.0 Å². The molecule has 0 aliphatic heterocycles. The average Bonchev–Trinajstić information content (AvgIpc) is 2.29. The summed E-state index contributed by atoms with van der Waals surface area (Å²) in [6.07, 6.45) is 1.41. The highest BCUT2D eigenvalue weighted by Crippen LogP contribution is 2.30. The van der Waals surface area contributed by atoms with Gasteiger partial charge in [0.1, 0.15) is 0 Å². The molecule has 0 saturated carbocycles. The topological polar surface area (TPSA) is 39.2 Å². The quantitative estimate of drug-likeness (QED) is 0.734. The van der Waals surface area contributed by atoms with Crippen molar-refractivity contribution in [2.24, 2.45) is 0 Å². The van der Waals surface area contributed by atoms with E-state index >= 15 is 0 Å². The third-order valence-corrected chi connectivity index (χ3v) is 2.79. The molecule has 5 heteroatoms. The lowest BCUT2D eigenvalue weighted by Gasteiger charge is -2.07. The second-order valence-electron chi connectivity index (χ2n) is 3.11. The zero-order chi connectivity index (χ0) is 11.7. The molecule has 0 spiro atoms. The number of hydrogen-bond donors (Lipinski definition) is 0. The van der Waals surface area contributed by atoms with Crippen molar-refractivity contribution in [1.29, 1.82) is 0 Å². The first-order valence-electron chi connectivity index (χ1n) is 4.46. The molecule has 0 atom stereocenters. The molecule has 1 aromatic carbocycles. The minimum Gasteiger partial charge on any atom is -0.465 e. The van der Waals surface area contributed by atoms with Crippen molar-refractivity contribution in [3.8, 4) is 0 Å². The molecule has 0 saturated heterocycles. The van der Waals surface area contributed by atoms with Crippen molar-refractivity contribution in [3.63, 3.8) is 0 Å². The Hall–Kier alpha value is -1.32. The summed E-state index contributed by atoms with van der Waals surface area (Å²) in [7, 11) is 1.29. The highest BCUT2D eigenvalue weighted by atomic mass is 35.5. The number of fused-ring (bicyclic) bond motifs is 1. The van der Waals surface area contributed by atoms with E-state index in [1.807, 2.05) is 0 Å². The lowest BCUT2D eigenvalue weighted by atomic mass is 10.1. The van der Waals surface area contributed by atoms with Crippen molar-refractivity contribution in [2.75, 3.05) is 7.11 Å². The molecule has 0 unspecified atom stereocenters. The van der Waals surface area contributed by atoms with E-state index in [1.54, 1.807) is 18.2 Å². The first kappa shape index (κ1) is 11.2. The van der Waals surface area contributed by atoms with Gasteiger partial charge in [0, 0.05) is 11.6 Å². The molecule has 0 aliphatic carbocycles. The Morgan fingerprint density at radius 3 is 2.75 bits per heavy atom. The maximum absolute atomic E-state index is 11.6. The highest BCUT2D eigenvalue weighted by molar-refractivity contribution is 6.39. The van der Waals surface area contributed by atoms with Gasteiger partial charge in [0.05, 0.1) is 28.2 Å². The number of rotatable bonds is 1. The van der Waals surface area contributed by atoms with Crippen LogP contribution < -0.4 is 0 Å². The monoisotopic (exact) mass is 255 g/mol. The van der Waals surface area contributed by atoms with Gasteiger partial charge in [-0.05, 0) is 12.1 Å². The van der Waals surface area contributed by atoms with Crippen molar-refractivity contribution >= 4 is 40.1 Å². The van der Waals surface area contributed by atoms with Gasteiger partial charge in [-0.15, -0.1) is 0 Å². The van der Waals surface area contributed by atoms with Gasteiger partial charge in [-0.3, -0.25) is 4.98 Å². The molecule has 2 aromatic rings. The van der Waals surface area contributed by atoms with Crippen molar-refractivity contribution in [2.45, 2.75) is 0 Å². The molecule has 16 heavy (non-hydrogen) atoms. The lowest BCUT2D eigenvalue weighted by molar-refractivity contribution is 0.0603. The van der Waals surface area contributed by atoms with Gasteiger partial charge in [-0.1, -0.05) is 29.3 Å². The number of esters is 1. The zero-order valence-corrected chi connectivity index (χ0v) is 9.84. The van der Waals surface area contributed by atoms with Crippen molar-refractivity contribution < 1.29 is 9.53 Å². The third kappa shape index (κ3) is 1.72. The molecule has 1 aromatic heterocycles. The number of aromatic nitrogens is 1. The number of benzene rings is 1. The molecule has 0 bridgehead atoms. The first-order chi connectivity index (χ1) is 7.65. The SMILES string of the molecule is COC(=O)c1c(Cl)cnc2cccc(Cl)c12. The Kier molecular flexibility index (Phi) is 2.99. The molecule has 0 N–H and O–H groups in total. The minimum absolute atomic E-state index is 0.229. The van der Waals surface area contributed by atoms with Crippen LogP contribution >= 0.6 is 23.2 Å². The summed E-state index contributed by atoms with van der Waals surface area (Å²) in [5.41, 5.74) is 0.858. The summed E-state index contributed by atoms with van der Waals surface area (Å²) in [6.45, 7) is 0. The number of carbonyl (C=O) groups excluding carboxylic acids is 1. The molecule has 0 amide bonds. The van der Waals surface area contributed by atoms with E-state index in [0.717, 1.165) is 0 Å². The Bertz CT molecular complexity index is 569. The number of nitrogens with zero attached hydrogens (tertiary/aromatic N) is 1. The second kappa shape index (κ2) is 4.28. The summed E-state index contributed by atoms with van der Waals surface area (Å²) in [5.74, 6) is -0.523. The molecule has 1 heterocycles. The number of hydrogen-bond acceptors (Lipinski definition) is 3. The maximum atomic E-state index is 11.6. The Morgan fingerprint density at radius 2 is 2.06 bits per heavy atom. The van der Waals surface area contributed by atoms with Gasteiger partial charge in [0.15, 0.2) is 0 Å². The van der Waals surface area contributed by atoms with Gasteiger partial charge in [-0.2, -0.15) is 0 Å². The Labute approximate surface area is 102 Å². The van der Waals surface area contributed by atoms with E-state index in [0.29, 0.717) is 15.9 Å². The first-order valence-corrected chi connectivity index (χ1v) is 5.21. The molecular formula is C11H7Cl2NO2. The molecule has 0 fully saturated rings. The molecule has 3 nitrogen and oxygen atoms in total. The minimum atomic E-state index is -0.523. The van der Waals surface area contributed by atoms with Gasteiger partial charge in [0.25, 0.3) is 0 Å². The van der Waals surface area contributed by atoms with Crippen molar-refractivity contribution in [1.82, 2.24) is 4.98 Å². The summed E-state index contributed by atoms with van der Waals surface area (Å²) in [4.78, 5) is 15.7. The van der Waals surface area contributed by atoms with Crippen LogP contribution in [0.15, 0.2) is 24.4 Å². The van der Waals surface area contributed by atoms with Gasteiger partial charge in [-0.25, -0.2) is 4.79 Å². The third-order valence-electron chi connectivity index (χ3n) is 2.19. The van der Waals surface area contributed by atoms with Gasteiger partial charge in [0.2, 0.25) is 0 Å². The van der Waals surface area contributed by atoms with Crippen LogP contribution in [0.25, 0.3) is 10.9 Å². The van der Waals surface area contributed by atoms with E-state index in [2.05, 4.69) is 9.72 Å². The summed E-state index contributed by atoms with van der Waals surface area (Å²) in [5, 5.41) is 1.17. The summed E-state index contributed by atoms with van der Waals surface area (Å²) in [6, 6.07) is 5.19. The smallest absolute Gasteiger partial charge is 0.340 e. The van der Waals surface area contributed by atoms with Gasteiger partial charge < -0.3 is 4.74 Å². The number of methoxy groups -OCH3 is 1. The number of pyridine rings is 1. The number of ether oxygens (including phenoxy) is 1. The Balaban J connectivity index is 2.88. The van der Waals surface area contributed by atoms with Crippen LogP contribution in [0.1, 0.15) is 10.4 Å². The normalized spacial score (nSPS) is 10.4. The van der Waals surface area contributed by atoms with E-state index in [-0.39, 0.29) is 10.6 Å². The number of carbonyl (C=O) groups is 1. The molecule has 0 radical (unpaired) electrons. The predicted molar refractivity (Wildman–Crippen MR) is 63.1 cm³/mol. The van der Waals surface area contributed by atoms with Crippen LogP contribution in [-0.4, -0.2) is 18.1 Å². The van der Waals surface area contributed by atoms with E-state index in [1.165, 1.54) is 13.3 Å². The van der Waals surface area contributed by atoms with E-state index in [4.69, 9.17) is 23.2 Å². The fraction of sp³-hybridized carbons (Fsp3) is 0.0909. The number of halogens is 2. The van der Waals surface area contributed by atoms with E-state index in [9.17, 15) is 4.79 Å². The van der Waals surface area contributed by atoms with Crippen LogP contribution in [0.3, 0.4) is 0 Å². The molecule has 82 valence electrons. The fourth-order valence-electron chi connectivity index (χ4n) is 1.48. The van der Waals surface area contributed by atoms with Crippen LogP contribution in [0.4, 0.5) is 0 Å². The van der Waals surface area contributed by atoms with Gasteiger partial charge >= 0.3 is 5.97 Å². The van der Waals surface area contributed by atoms with Crippen LogP contribution in [0.5, 0.6) is 0 Å².